The van der Waals surface area contributed by atoms with Crippen molar-refractivity contribution in [2.45, 2.75) is 19.8 Å². The molecule has 0 bridgehead atoms. The van der Waals surface area contributed by atoms with Gasteiger partial charge >= 0.3 is 0 Å². The van der Waals surface area contributed by atoms with E-state index >= 15 is 4.39 Å². The lowest BCUT2D eigenvalue weighted by atomic mass is 10.1. The fourth-order valence-electron chi connectivity index (χ4n) is 5.38. The van der Waals surface area contributed by atoms with Crippen molar-refractivity contribution < 1.29 is 23.0 Å². The number of rotatable bonds is 5. The number of halogens is 2. The van der Waals surface area contributed by atoms with E-state index in [4.69, 9.17) is 14.5 Å². The van der Waals surface area contributed by atoms with Crippen molar-refractivity contribution in [2.24, 2.45) is 0 Å². The van der Waals surface area contributed by atoms with Gasteiger partial charge in [-0.3, -0.25) is 9.69 Å². The van der Waals surface area contributed by atoms with Crippen LogP contribution in [0.15, 0.2) is 24.4 Å². The first-order valence-corrected chi connectivity index (χ1v) is 13.0. The van der Waals surface area contributed by atoms with E-state index in [0.29, 0.717) is 81.7 Å². The number of nitrogens with one attached hydrogen (secondary N) is 1. The van der Waals surface area contributed by atoms with Gasteiger partial charge in [0, 0.05) is 56.8 Å². The Kier molecular flexibility index (Phi) is 6.71. The first-order valence-electron chi connectivity index (χ1n) is 13.0. The van der Waals surface area contributed by atoms with Crippen LogP contribution in [0.5, 0.6) is 0 Å². The van der Waals surface area contributed by atoms with E-state index in [2.05, 4.69) is 20.1 Å². The van der Waals surface area contributed by atoms with E-state index in [1.807, 2.05) is 19.2 Å². The standard InChI is InChI=1S/C27H30F2N6O3/c1-17-25(24-20(29)13-18(28)14-21(24)32-26(17)35-4-2-3-23(35)36)31-22-15-19(33-5-9-37-10-6-33)16-30-27(22)34-7-11-38-12-8-34/h13-16H,2-12H2,1H3,(H,31,32). The Morgan fingerprint density at radius 3 is 2.32 bits per heavy atom. The monoisotopic (exact) mass is 524 g/mol. The van der Waals surface area contributed by atoms with E-state index in [1.54, 1.807) is 4.90 Å². The average Bonchev–Trinajstić information content (AvgIpc) is 3.36. The van der Waals surface area contributed by atoms with Crippen LogP contribution >= 0.6 is 0 Å². The molecule has 3 saturated heterocycles. The van der Waals surface area contributed by atoms with Gasteiger partial charge < -0.3 is 24.6 Å². The number of fused-ring (bicyclic) bond motifs is 1. The minimum Gasteiger partial charge on any atom is -0.378 e. The molecule has 0 unspecified atom stereocenters. The lowest BCUT2D eigenvalue weighted by molar-refractivity contribution is -0.117. The van der Waals surface area contributed by atoms with E-state index in [0.717, 1.165) is 30.7 Å². The van der Waals surface area contributed by atoms with Crippen molar-refractivity contribution in [3.05, 3.63) is 41.6 Å². The third-order valence-corrected chi connectivity index (χ3v) is 7.35. The van der Waals surface area contributed by atoms with Crippen LogP contribution < -0.4 is 20.0 Å². The summed E-state index contributed by atoms with van der Waals surface area (Å²) < 4.78 is 40.7. The number of morpholine rings is 2. The Balaban J connectivity index is 1.50. The van der Waals surface area contributed by atoms with Crippen molar-refractivity contribution in [3.8, 4) is 0 Å². The smallest absolute Gasteiger partial charge is 0.228 e. The highest BCUT2D eigenvalue weighted by Gasteiger charge is 2.28. The number of hydrogen-bond acceptors (Lipinski definition) is 8. The first kappa shape index (κ1) is 24.7. The van der Waals surface area contributed by atoms with Crippen LogP contribution in [0.2, 0.25) is 0 Å². The predicted molar refractivity (Wildman–Crippen MR) is 142 cm³/mol. The van der Waals surface area contributed by atoms with Gasteiger partial charge in [0.15, 0.2) is 5.82 Å². The third-order valence-electron chi connectivity index (χ3n) is 7.35. The van der Waals surface area contributed by atoms with E-state index < -0.39 is 11.6 Å². The molecule has 6 rings (SSSR count). The predicted octanol–water partition coefficient (Wildman–Crippen LogP) is 3.76. The number of hydrogen-bond donors (Lipinski definition) is 1. The molecule has 3 fully saturated rings. The normalized spacial score (nSPS) is 18.5. The second kappa shape index (κ2) is 10.3. The molecule has 3 aliphatic rings. The minimum atomic E-state index is -0.721. The molecule has 1 N–H and O–H groups in total. The zero-order valence-electron chi connectivity index (χ0n) is 21.3. The highest BCUT2D eigenvalue weighted by Crippen LogP contribution is 2.40. The maximum Gasteiger partial charge on any atom is 0.228 e. The molecular weight excluding hydrogens is 494 g/mol. The summed E-state index contributed by atoms with van der Waals surface area (Å²) in [7, 11) is 0. The second-order valence-corrected chi connectivity index (χ2v) is 9.75. The largest absolute Gasteiger partial charge is 0.378 e. The van der Waals surface area contributed by atoms with Crippen molar-refractivity contribution in [2.75, 3.05) is 79.2 Å². The Bertz CT molecular complexity index is 1370. The number of benzene rings is 1. The van der Waals surface area contributed by atoms with Crippen LogP contribution in [0, 0.1) is 18.6 Å². The first-order chi connectivity index (χ1) is 18.5. The zero-order chi connectivity index (χ0) is 26.2. The summed E-state index contributed by atoms with van der Waals surface area (Å²) in [5, 5.41) is 3.63. The van der Waals surface area contributed by atoms with Crippen LogP contribution in [0.4, 0.5) is 37.5 Å². The lowest BCUT2D eigenvalue weighted by Crippen LogP contribution is -2.38. The molecule has 0 atom stereocenters. The zero-order valence-corrected chi connectivity index (χ0v) is 21.3. The highest BCUT2D eigenvalue weighted by molar-refractivity contribution is 6.02. The molecule has 38 heavy (non-hydrogen) atoms. The Labute approximate surface area is 219 Å². The number of carbonyl (C=O) groups is 1. The van der Waals surface area contributed by atoms with Gasteiger partial charge in [-0.25, -0.2) is 18.7 Å². The SMILES string of the molecule is Cc1c(N2CCCC2=O)nc2cc(F)cc(F)c2c1Nc1cc(N2CCOCC2)cnc1N1CCOCC1. The molecule has 200 valence electrons. The van der Waals surface area contributed by atoms with Gasteiger partial charge in [0.25, 0.3) is 0 Å². The van der Waals surface area contributed by atoms with Gasteiger partial charge in [-0.1, -0.05) is 0 Å². The number of anilines is 5. The van der Waals surface area contributed by atoms with Crippen LogP contribution in [0.25, 0.3) is 10.9 Å². The molecule has 3 aromatic rings. The molecule has 3 aliphatic heterocycles. The summed E-state index contributed by atoms with van der Waals surface area (Å²) in [4.78, 5) is 27.9. The summed E-state index contributed by atoms with van der Waals surface area (Å²) >= 11 is 0. The van der Waals surface area contributed by atoms with Crippen molar-refractivity contribution in [1.29, 1.82) is 0 Å². The van der Waals surface area contributed by atoms with Gasteiger partial charge in [-0.2, -0.15) is 0 Å². The number of pyridine rings is 2. The van der Waals surface area contributed by atoms with Crippen molar-refractivity contribution in [3.63, 3.8) is 0 Å². The van der Waals surface area contributed by atoms with Crippen molar-refractivity contribution in [1.82, 2.24) is 9.97 Å². The molecular formula is C27H30F2N6O3. The Morgan fingerprint density at radius 2 is 1.63 bits per heavy atom. The van der Waals surface area contributed by atoms with Crippen LogP contribution in [0.3, 0.4) is 0 Å². The molecule has 0 radical (unpaired) electrons. The third kappa shape index (κ3) is 4.60. The molecule has 2 aromatic heterocycles. The fourth-order valence-corrected chi connectivity index (χ4v) is 5.38. The van der Waals surface area contributed by atoms with Crippen molar-refractivity contribution >= 4 is 45.5 Å². The summed E-state index contributed by atoms with van der Waals surface area (Å²) in [6.07, 6.45) is 2.99. The van der Waals surface area contributed by atoms with Gasteiger partial charge in [0.1, 0.15) is 17.5 Å². The van der Waals surface area contributed by atoms with Crippen LogP contribution in [-0.4, -0.2) is 75.0 Å². The van der Waals surface area contributed by atoms with Gasteiger partial charge in [-0.05, 0) is 19.4 Å². The number of nitrogens with zero attached hydrogens (tertiary/aromatic N) is 5. The van der Waals surface area contributed by atoms with E-state index in [-0.39, 0.29) is 16.8 Å². The summed E-state index contributed by atoms with van der Waals surface area (Å²) in [6.45, 7) is 7.57. The number of amides is 1. The number of aromatic nitrogens is 2. The van der Waals surface area contributed by atoms with Crippen LogP contribution in [-0.2, 0) is 14.3 Å². The van der Waals surface area contributed by atoms with Gasteiger partial charge in [0.2, 0.25) is 5.91 Å². The van der Waals surface area contributed by atoms with Gasteiger partial charge in [-0.15, -0.1) is 0 Å². The van der Waals surface area contributed by atoms with Crippen LogP contribution in [0.1, 0.15) is 18.4 Å². The number of carbonyl (C=O) groups excluding carboxylic acids is 1. The molecule has 5 heterocycles. The fraction of sp³-hybridized carbons (Fsp3) is 0.444. The Morgan fingerprint density at radius 1 is 0.921 bits per heavy atom. The topological polar surface area (TPSA) is 83.1 Å². The average molecular weight is 525 g/mol. The summed E-state index contributed by atoms with van der Waals surface area (Å²) in [5.41, 5.74) is 2.82. The lowest BCUT2D eigenvalue weighted by Gasteiger charge is -2.32. The molecule has 11 heteroatoms. The van der Waals surface area contributed by atoms with E-state index in [9.17, 15) is 9.18 Å². The molecule has 1 amide bonds. The number of ether oxygens (including phenoxy) is 2. The minimum absolute atomic E-state index is 0.0484. The maximum atomic E-state index is 15.3. The molecule has 0 spiro atoms. The summed E-state index contributed by atoms with van der Waals surface area (Å²) in [6, 6.07) is 4.08. The van der Waals surface area contributed by atoms with Gasteiger partial charge in [0.05, 0.1) is 60.6 Å². The van der Waals surface area contributed by atoms with E-state index in [1.165, 1.54) is 6.07 Å². The quantitative estimate of drug-likeness (QED) is 0.541. The molecule has 1 aromatic carbocycles. The maximum absolute atomic E-state index is 15.3. The second-order valence-electron chi connectivity index (χ2n) is 9.75. The summed E-state index contributed by atoms with van der Waals surface area (Å²) in [5.74, 6) is -0.356. The molecule has 9 nitrogen and oxygen atoms in total. The Hall–Kier alpha value is -3.57. The highest BCUT2D eigenvalue weighted by atomic mass is 19.1. The molecule has 0 saturated carbocycles. The molecule has 0 aliphatic carbocycles.